The summed E-state index contributed by atoms with van der Waals surface area (Å²) >= 11 is 1.44. The van der Waals surface area contributed by atoms with Crippen molar-refractivity contribution in [3.05, 3.63) is 57.7 Å². The first-order valence-electron chi connectivity index (χ1n) is 7.37. The lowest BCUT2D eigenvalue weighted by Crippen LogP contribution is -2.30. The van der Waals surface area contributed by atoms with E-state index in [1.807, 2.05) is 17.5 Å². The standard InChI is InChI=1S/C17H15FN2OS/c18-10-6-7-13-12(9-10)11-3-1-4-14(16(11)19-13)20-17(21)15-5-2-8-22-15/h2,5-9,14,19H,1,3-4H2,(H,20,21)/t14-/m0/s1. The van der Waals surface area contributed by atoms with Gasteiger partial charge in [-0.1, -0.05) is 6.07 Å². The lowest BCUT2D eigenvalue weighted by atomic mass is 9.91. The van der Waals surface area contributed by atoms with Crippen LogP contribution < -0.4 is 5.32 Å². The summed E-state index contributed by atoms with van der Waals surface area (Å²) in [6.07, 6.45) is 2.81. The highest BCUT2D eigenvalue weighted by Crippen LogP contribution is 2.35. The molecule has 2 aromatic heterocycles. The highest BCUT2D eigenvalue weighted by atomic mass is 32.1. The number of hydrogen-bond acceptors (Lipinski definition) is 2. The number of rotatable bonds is 2. The number of thiophene rings is 1. The van der Waals surface area contributed by atoms with Crippen molar-refractivity contribution in [2.45, 2.75) is 25.3 Å². The number of amides is 1. The van der Waals surface area contributed by atoms with Crippen molar-refractivity contribution in [2.75, 3.05) is 0 Å². The Bertz CT molecular complexity index is 838. The Morgan fingerprint density at radius 1 is 1.36 bits per heavy atom. The van der Waals surface area contributed by atoms with Crippen molar-refractivity contribution in [1.29, 1.82) is 0 Å². The molecule has 3 aromatic rings. The van der Waals surface area contributed by atoms with E-state index >= 15 is 0 Å². The Hall–Kier alpha value is -2.14. The lowest BCUT2D eigenvalue weighted by molar-refractivity contribution is 0.0936. The van der Waals surface area contributed by atoms with Crippen LogP contribution in [0.15, 0.2) is 35.7 Å². The molecule has 0 unspecified atom stereocenters. The number of halogens is 1. The van der Waals surface area contributed by atoms with Gasteiger partial charge in [-0.2, -0.15) is 0 Å². The largest absolute Gasteiger partial charge is 0.356 e. The summed E-state index contributed by atoms with van der Waals surface area (Å²) in [4.78, 5) is 16.4. The molecule has 0 bridgehead atoms. The maximum Gasteiger partial charge on any atom is 0.261 e. The van der Waals surface area contributed by atoms with Gasteiger partial charge in [0.25, 0.3) is 5.91 Å². The molecule has 1 aromatic carbocycles. The van der Waals surface area contributed by atoms with Gasteiger partial charge in [-0.05, 0) is 54.5 Å². The minimum atomic E-state index is -0.223. The van der Waals surface area contributed by atoms with Crippen LogP contribution in [0.4, 0.5) is 4.39 Å². The lowest BCUT2D eigenvalue weighted by Gasteiger charge is -2.23. The molecule has 5 heteroatoms. The number of fused-ring (bicyclic) bond motifs is 3. The molecule has 1 amide bonds. The zero-order valence-corrected chi connectivity index (χ0v) is 12.7. The maximum atomic E-state index is 13.5. The summed E-state index contributed by atoms with van der Waals surface area (Å²) in [5.41, 5.74) is 3.10. The van der Waals surface area contributed by atoms with E-state index < -0.39 is 0 Å². The van der Waals surface area contributed by atoms with Crippen LogP contribution in [0, 0.1) is 5.82 Å². The summed E-state index contributed by atoms with van der Waals surface area (Å²) in [6, 6.07) is 8.47. The summed E-state index contributed by atoms with van der Waals surface area (Å²) in [5, 5.41) is 5.93. The first-order valence-corrected chi connectivity index (χ1v) is 8.25. The van der Waals surface area contributed by atoms with Gasteiger partial charge in [0, 0.05) is 16.6 Å². The predicted octanol–water partition coefficient (Wildman–Crippen LogP) is 4.18. The van der Waals surface area contributed by atoms with Gasteiger partial charge in [-0.3, -0.25) is 4.79 Å². The summed E-state index contributed by atoms with van der Waals surface area (Å²) in [7, 11) is 0. The second-order valence-corrected chi connectivity index (χ2v) is 6.55. The van der Waals surface area contributed by atoms with Crippen molar-refractivity contribution in [2.24, 2.45) is 0 Å². The molecule has 0 aliphatic heterocycles. The number of carbonyl (C=O) groups is 1. The minimum absolute atomic E-state index is 0.0335. The first kappa shape index (κ1) is 13.5. The van der Waals surface area contributed by atoms with Crippen molar-refractivity contribution < 1.29 is 9.18 Å². The minimum Gasteiger partial charge on any atom is -0.356 e. The third-order valence-corrected chi connectivity index (χ3v) is 5.09. The third kappa shape index (κ3) is 2.22. The molecule has 0 radical (unpaired) electrons. The molecule has 112 valence electrons. The van der Waals surface area contributed by atoms with Gasteiger partial charge >= 0.3 is 0 Å². The smallest absolute Gasteiger partial charge is 0.261 e. The van der Waals surface area contributed by atoms with E-state index in [0.29, 0.717) is 4.88 Å². The molecule has 0 saturated carbocycles. The second-order valence-electron chi connectivity index (χ2n) is 5.60. The number of carbonyl (C=O) groups excluding carboxylic acids is 1. The summed E-state index contributed by atoms with van der Waals surface area (Å²) < 4.78 is 13.5. The van der Waals surface area contributed by atoms with E-state index in [1.54, 1.807) is 12.1 Å². The number of H-pyrrole nitrogens is 1. The number of hydrogen-bond donors (Lipinski definition) is 2. The Morgan fingerprint density at radius 2 is 2.27 bits per heavy atom. The number of aromatic amines is 1. The SMILES string of the molecule is O=C(N[C@H]1CCCc2c1[nH]c1ccc(F)cc21)c1cccs1. The monoisotopic (exact) mass is 314 g/mol. The Labute approximate surface area is 131 Å². The van der Waals surface area contributed by atoms with Crippen LogP contribution in [0.25, 0.3) is 10.9 Å². The van der Waals surface area contributed by atoms with Crippen LogP contribution in [-0.4, -0.2) is 10.9 Å². The molecule has 0 saturated heterocycles. The van der Waals surface area contributed by atoms with E-state index in [-0.39, 0.29) is 17.8 Å². The molecule has 0 spiro atoms. The summed E-state index contributed by atoms with van der Waals surface area (Å²) in [5.74, 6) is -0.267. The normalized spacial score (nSPS) is 17.4. The van der Waals surface area contributed by atoms with Gasteiger partial charge in [-0.15, -0.1) is 11.3 Å². The molecule has 1 atom stereocenters. The average Bonchev–Trinajstić information content (AvgIpc) is 3.15. The van der Waals surface area contributed by atoms with Gasteiger partial charge in [0.1, 0.15) is 5.82 Å². The van der Waals surface area contributed by atoms with Gasteiger partial charge in [0.05, 0.1) is 10.9 Å². The van der Waals surface area contributed by atoms with Crippen LogP contribution >= 0.6 is 11.3 Å². The van der Waals surface area contributed by atoms with Crippen LogP contribution in [0.5, 0.6) is 0 Å². The molecule has 1 aliphatic carbocycles. The van der Waals surface area contributed by atoms with Crippen LogP contribution in [0.1, 0.15) is 39.8 Å². The molecule has 2 heterocycles. The van der Waals surface area contributed by atoms with Gasteiger partial charge in [0.2, 0.25) is 0 Å². The molecule has 0 fully saturated rings. The molecule has 1 aliphatic rings. The molecule has 4 rings (SSSR count). The topological polar surface area (TPSA) is 44.9 Å². The third-order valence-electron chi connectivity index (χ3n) is 4.22. The van der Waals surface area contributed by atoms with E-state index in [2.05, 4.69) is 10.3 Å². The summed E-state index contributed by atoms with van der Waals surface area (Å²) in [6.45, 7) is 0. The zero-order chi connectivity index (χ0) is 15.1. The van der Waals surface area contributed by atoms with Gasteiger partial charge in [0.15, 0.2) is 0 Å². The van der Waals surface area contributed by atoms with Crippen LogP contribution in [0.2, 0.25) is 0 Å². The Balaban J connectivity index is 1.70. The molecule has 3 nitrogen and oxygen atoms in total. The number of aryl methyl sites for hydroxylation is 1. The van der Waals surface area contributed by atoms with E-state index in [4.69, 9.17) is 0 Å². The second kappa shape index (κ2) is 5.25. The fourth-order valence-electron chi connectivity index (χ4n) is 3.22. The fraction of sp³-hybridized carbons (Fsp3) is 0.235. The van der Waals surface area contributed by atoms with Crippen molar-refractivity contribution in [3.8, 4) is 0 Å². The number of aromatic nitrogens is 1. The maximum absolute atomic E-state index is 13.5. The molecule has 2 N–H and O–H groups in total. The predicted molar refractivity (Wildman–Crippen MR) is 85.7 cm³/mol. The molecular weight excluding hydrogens is 299 g/mol. The van der Waals surface area contributed by atoms with Crippen LogP contribution in [0.3, 0.4) is 0 Å². The fourth-order valence-corrected chi connectivity index (χ4v) is 3.84. The van der Waals surface area contributed by atoms with Crippen molar-refractivity contribution in [1.82, 2.24) is 10.3 Å². The van der Waals surface area contributed by atoms with E-state index in [0.717, 1.165) is 41.4 Å². The first-order chi connectivity index (χ1) is 10.7. The van der Waals surface area contributed by atoms with E-state index in [1.165, 1.54) is 17.4 Å². The van der Waals surface area contributed by atoms with Crippen molar-refractivity contribution in [3.63, 3.8) is 0 Å². The Kier molecular flexibility index (Phi) is 3.22. The zero-order valence-electron chi connectivity index (χ0n) is 11.9. The highest BCUT2D eigenvalue weighted by molar-refractivity contribution is 7.12. The van der Waals surface area contributed by atoms with Gasteiger partial charge in [-0.25, -0.2) is 4.39 Å². The van der Waals surface area contributed by atoms with E-state index in [9.17, 15) is 9.18 Å². The highest BCUT2D eigenvalue weighted by Gasteiger charge is 2.26. The Morgan fingerprint density at radius 3 is 3.09 bits per heavy atom. The number of benzene rings is 1. The number of nitrogens with one attached hydrogen (secondary N) is 2. The average molecular weight is 314 g/mol. The quantitative estimate of drug-likeness (QED) is 0.732. The molecule has 22 heavy (non-hydrogen) atoms. The van der Waals surface area contributed by atoms with Crippen molar-refractivity contribution >= 4 is 28.1 Å². The molecular formula is C17H15FN2OS. The van der Waals surface area contributed by atoms with Crippen LogP contribution in [-0.2, 0) is 6.42 Å². The van der Waals surface area contributed by atoms with Gasteiger partial charge < -0.3 is 10.3 Å².